The number of likely N-dealkylation sites (N-methyl/N-ethyl adjacent to an activating group) is 1. The Hall–Kier alpha value is -2.40. The molecule has 0 radical (unpaired) electrons. The summed E-state index contributed by atoms with van der Waals surface area (Å²) >= 11 is 3.34. The lowest BCUT2D eigenvalue weighted by Gasteiger charge is -2.11. The molecule has 0 saturated heterocycles. The Kier molecular flexibility index (Phi) is 6.11. The number of halogens is 1. The van der Waals surface area contributed by atoms with Gasteiger partial charge in [0.05, 0.1) is 5.56 Å². The van der Waals surface area contributed by atoms with Crippen LogP contribution in [0.3, 0.4) is 0 Å². The van der Waals surface area contributed by atoms with Gasteiger partial charge in [0, 0.05) is 11.0 Å². The highest BCUT2D eigenvalue weighted by atomic mass is 79.9. The zero-order valence-corrected chi connectivity index (χ0v) is 14.3. The van der Waals surface area contributed by atoms with Crippen LogP contribution in [0.1, 0.15) is 22.8 Å². The molecule has 5 heteroatoms. The SMILES string of the molecule is CCNC(=O)/C(=C\c1ccccc1)NC(=O)c1ccccc1Br. The summed E-state index contributed by atoms with van der Waals surface area (Å²) in [7, 11) is 0. The van der Waals surface area contributed by atoms with E-state index >= 15 is 0 Å². The molecule has 0 aliphatic rings. The smallest absolute Gasteiger partial charge is 0.267 e. The fourth-order valence-corrected chi connectivity index (χ4v) is 2.43. The van der Waals surface area contributed by atoms with E-state index in [9.17, 15) is 9.59 Å². The molecule has 0 aromatic heterocycles. The van der Waals surface area contributed by atoms with Crippen molar-refractivity contribution in [2.24, 2.45) is 0 Å². The van der Waals surface area contributed by atoms with Crippen LogP contribution in [-0.4, -0.2) is 18.4 Å². The lowest BCUT2D eigenvalue weighted by atomic mass is 10.1. The maximum absolute atomic E-state index is 12.4. The van der Waals surface area contributed by atoms with Crippen LogP contribution >= 0.6 is 15.9 Å². The molecule has 2 amide bonds. The van der Waals surface area contributed by atoms with Crippen molar-refractivity contribution in [2.45, 2.75) is 6.92 Å². The van der Waals surface area contributed by atoms with Crippen LogP contribution in [0.25, 0.3) is 6.08 Å². The second kappa shape index (κ2) is 8.29. The summed E-state index contributed by atoms with van der Waals surface area (Å²) in [6.45, 7) is 2.31. The van der Waals surface area contributed by atoms with Crippen LogP contribution in [-0.2, 0) is 4.79 Å². The number of benzene rings is 2. The van der Waals surface area contributed by atoms with E-state index in [0.717, 1.165) is 5.56 Å². The molecule has 23 heavy (non-hydrogen) atoms. The summed E-state index contributed by atoms with van der Waals surface area (Å²) in [5.74, 6) is -0.664. The van der Waals surface area contributed by atoms with E-state index in [2.05, 4.69) is 26.6 Å². The molecule has 2 aromatic carbocycles. The Balaban J connectivity index is 2.28. The van der Waals surface area contributed by atoms with Gasteiger partial charge in [0.15, 0.2) is 0 Å². The molecular formula is C18H17BrN2O2. The van der Waals surface area contributed by atoms with Crippen molar-refractivity contribution in [2.75, 3.05) is 6.54 Å². The first kappa shape index (κ1) is 17.0. The predicted molar refractivity (Wildman–Crippen MR) is 94.7 cm³/mol. The van der Waals surface area contributed by atoms with Gasteiger partial charge in [-0.05, 0) is 46.6 Å². The molecule has 2 rings (SSSR count). The zero-order valence-electron chi connectivity index (χ0n) is 12.7. The normalized spacial score (nSPS) is 11.0. The third-order valence-corrected chi connectivity index (χ3v) is 3.75. The highest BCUT2D eigenvalue weighted by Gasteiger charge is 2.15. The van der Waals surface area contributed by atoms with E-state index in [4.69, 9.17) is 0 Å². The summed E-state index contributed by atoms with van der Waals surface area (Å²) in [4.78, 5) is 24.6. The number of hydrogen-bond acceptors (Lipinski definition) is 2. The Labute approximate surface area is 143 Å². The summed E-state index contributed by atoms with van der Waals surface area (Å²) in [6.07, 6.45) is 1.65. The van der Waals surface area contributed by atoms with Gasteiger partial charge in [-0.15, -0.1) is 0 Å². The van der Waals surface area contributed by atoms with Crippen molar-refractivity contribution in [3.63, 3.8) is 0 Å². The quantitative estimate of drug-likeness (QED) is 0.790. The predicted octanol–water partition coefficient (Wildman–Crippen LogP) is 3.36. The first-order valence-corrected chi connectivity index (χ1v) is 8.02. The number of rotatable bonds is 5. The Morgan fingerprint density at radius 2 is 1.70 bits per heavy atom. The summed E-state index contributed by atoms with van der Waals surface area (Å²) in [5.41, 5.74) is 1.51. The average molecular weight is 373 g/mol. The maximum atomic E-state index is 12.4. The molecule has 2 N–H and O–H groups in total. The van der Waals surface area contributed by atoms with Crippen molar-refractivity contribution < 1.29 is 9.59 Å². The van der Waals surface area contributed by atoms with E-state index in [1.165, 1.54) is 0 Å². The van der Waals surface area contributed by atoms with Gasteiger partial charge in [0.25, 0.3) is 11.8 Å². The molecular weight excluding hydrogens is 356 g/mol. The minimum absolute atomic E-state index is 0.207. The number of carbonyl (C=O) groups is 2. The highest BCUT2D eigenvalue weighted by Crippen LogP contribution is 2.16. The van der Waals surface area contributed by atoms with Crippen LogP contribution in [0, 0.1) is 0 Å². The van der Waals surface area contributed by atoms with Crippen molar-refractivity contribution in [1.82, 2.24) is 10.6 Å². The van der Waals surface area contributed by atoms with Crippen molar-refractivity contribution >= 4 is 33.8 Å². The van der Waals surface area contributed by atoms with Gasteiger partial charge >= 0.3 is 0 Å². The fourth-order valence-electron chi connectivity index (χ4n) is 1.97. The minimum Gasteiger partial charge on any atom is -0.351 e. The Bertz CT molecular complexity index is 727. The van der Waals surface area contributed by atoms with Crippen LogP contribution in [0.2, 0.25) is 0 Å². The minimum atomic E-state index is -0.342. The molecule has 0 aliphatic carbocycles. The molecule has 0 unspecified atom stereocenters. The fraction of sp³-hybridized carbons (Fsp3) is 0.111. The van der Waals surface area contributed by atoms with Gasteiger partial charge < -0.3 is 10.6 Å². The van der Waals surface area contributed by atoms with Crippen LogP contribution in [0.15, 0.2) is 64.8 Å². The van der Waals surface area contributed by atoms with Crippen LogP contribution in [0.4, 0.5) is 0 Å². The maximum Gasteiger partial charge on any atom is 0.267 e. The third-order valence-electron chi connectivity index (χ3n) is 3.06. The molecule has 2 aromatic rings. The standard InChI is InChI=1S/C18H17BrN2O2/c1-2-20-18(23)16(12-13-8-4-3-5-9-13)21-17(22)14-10-6-7-11-15(14)19/h3-12H,2H2,1H3,(H,20,23)(H,21,22)/b16-12+. The highest BCUT2D eigenvalue weighted by molar-refractivity contribution is 9.10. The number of amides is 2. The lowest BCUT2D eigenvalue weighted by Crippen LogP contribution is -2.34. The largest absolute Gasteiger partial charge is 0.351 e. The summed E-state index contributed by atoms with van der Waals surface area (Å²) < 4.78 is 0.674. The first-order chi connectivity index (χ1) is 11.1. The lowest BCUT2D eigenvalue weighted by molar-refractivity contribution is -0.117. The Morgan fingerprint density at radius 3 is 2.35 bits per heavy atom. The van der Waals surface area contributed by atoms with Gasteiger partial charge in [0.2, 0.25) is 0 Å². The molecule has 4 nitrogen and oxygen atoms in total. The second-order valence-electron chi connectivity index (χ2n) is 4.76. The van der Waals surface area contributed by atoms with E-state index in [1.807, 2.05) is 43.3 Å². The van der Waals surface area contributed by atoms with E-state index < -0.39 is 0 Å². The molecule has 0 spiro atoms. The molecule has 0 atom stereocenters. The van der Waals surface area contributed by atoms with Gasteiger partial charge in [0.1, 0.15) is 5.70 Å². The monoisotopic (exact) mass is 372 g/mol. The van der Waals surface area contributed by atoms with Crippen molar-refractivity contribution in [1.29, 1.82) is 0 Å². The molecule has 118 valence electrons. The first-order valence-electron chi connectivity index (χ1n) is 7.22. The molecule has 0 heterocycles. The van der Waals surface area contributed by atoms with Crippen LogP contribution < -0.4 is 10.6 Å². The van der Waals surface area contributed by atoms with Gasteiger partial charge in [-0.2, -0.15) is 0 Å². The molecule has 0 saturated carbocycles. The van der Waals surface area contributed by atoms with Gasteiger partial charge in [-0.25, -0.2) is 0 Å². The average Bonchev–Trinajstić information content (AvgIpc) is 2.55. The van der Waals surface area contributed by atoms with Gasteiger partial charge in [-0.3, -0.25) is 9.59 Å². The van der Waals surface area contributed by atoms with Crippen molar-refractivity contribution in [3.8, 4) is 0 Å². The zero-order chi connectivity index (χ0) is 16.7. The molecule has 0 fully saturated rings. The second-order valence-corrected chi connectivity index (χ2v) is 5.62. The topological polar surface area (TPSA) is 58.2 Å². The Morgan fingerprint density at radius 1 is 1.04 bits per heavy atom. The number of carbonyl (C=O) groups excluding carboxylic acids is 2. The van der Waals surface area contributed by atoms with E-state index in [1.54, 1.807) is 24.3 Å². The van der Waals surface area contributed by atoms with Crippen LogP contribution in [0.5, 0.6) is 0 Å². The number of nitrogens with one attached hydrogen (secondary N) is 2. The number of hydrogen-bond donors (Lipinski definition) is 2. The molecule has 0 bridgehead atoms. The van der Waals surface area contributed by atoms with Crippen molar-refractivity contribution in [3.05, 3.63) is 75.9 Å². The summed E-state index contributed by atoms with van der Waals surface area (Å²) in [5, 5.41) is 5.39. The summed E-state index contributed by atoms with van der Waals surface area (Å²) in [6, 6.07) is 16.4. The third kappa shape index (κ3) is 4.79. The van der Waals surface area contributed by atoms with Gasteiger partial charge in [-0.1, -0.05) is 42.5 Å². The van der Waals surface area contributed by atoms with E-state index in [0.29, 0.717) is 16.6 Å². The molecule has 0 aliphatic heterocycles. The van der Waals surface area contributed by atoms with E-state index in [-0.39, 0.29) is 17.5 Å².